The normalized spacial score (nSPS) is 34.6. The molecule has 1 amide bonds. The molecule has 0 aromatic heterocycles. The second-order valence-electron chi connectivity index (χ2n) is 4.38. The molecule has 0 radical (unpaired) electrons. The number of β-amino-alcohol motifs (C(OH)–C–C–N with tert-alkyl or cyclic N) is 1. The Morgan fingerprint density at radius 1 is 1.50 bits per heavy atom. The Labute approximate surface area is 82.5 Å². The number of nitrogens with two attached hydrogens (primary N) is 1. The van der Waals surface area contributed by atoms with E-state index in [1.54, 1.807) is 4.90 Å². The van der Waals surface area contributed by atoms with Gasteiger partial charge in [-0.1, -0.05) is 0 Å². The van der Waals surface area contributed by atoms with Crippen molar-refractivity contribution < 1.29 is 15.0 Å². The summed E-state index contributed by atoms with van der Waals surface area (Å²) in [6.07, 6.45) is 0.871. The first-order chi connectivity index (χ1) is 6.57. The molecule has 1 aliphatic carbocycles. The first kappa shape index (κ1) is 9.89. The van der Waals surface area contributed by atoms with Gasteiger partial charge in [0.25, 0.3) is 0 Å². The molecule has 1 saturated heterocycles. The molecule has 5 heteroatoms. The molecule has 1 heterocycles. The number of aliphatic hydroxyl groups excluding tert-OH is 2. The van der Waals surface area contributed by atoms with E-state index >= 15 is 0 Å². The van der Waals surface area contributed by atoms with Gasteiger partial charge in [-0.25, -0.2) is 0 Å². The van der Waals surface area contributed by atoms with Crippen LogP contribution in [0.15, 0.2) is 0 Å². The quantitative estimate of drug-likeness (QED) is 0.495. The highest BCUT2D eigenvalue weighted by Gasteiger charge is 2.50. The van der Waals surface area contributed by atoms with Crippen molar-refractivity contribution in [1.82, 2.24) is 4.90 Å². The summed E-state index contributed by atoms with van der Waals surface area (Å²) >= 11 is 0. The van der Waals surface area contributed by atoms with Crippen LogP contribution in [0.1, 0.15) is 12.8 Å². The summed E-state index contributed by atoms with van der Waals surface area (Å²) in [6, 6.07) is 0. The van der Waals surface area contributed by atoms with Crippen molar-refractivity contribution >= 4 is 5.91 Å². The molecule has 80 valence electrons. The van der Waals surface area contributed by atoms with Gasteiger partial charge in [0.1, 0.15) is 0 Å². The minimum absolute atomic E-state index is 0.0764. The Balaban J connectivity index is 1.97. The second-order valence-corrected chi connectivity index (χ2v) is 4.38. The molecule has 5 nitrogen and oxygen atoms in total. The molecule has 2 atom stereocenters. The lowest BCUT2D eigenvalue weighted by molar-refractivity contribution is -0.133. The first-order valence-corrected chi connectivity index (χ1v) is 4.94. The van der Waals surface area contributed by atoms with Gasteiger partial charge in [-0.2, -0.15) is 0 Å². The lowest BCUT2D eigenvalue weighted by Crippen LogP contribution is -2.45. The van der Waals surface area contributed by atoms with E-state index in [1.165, 1.54) is 0 Å². The predicted molar refractivity (Wildman–Crippen MR) is 49.3 cm³/mol. The summed E-state index contributed by atoms with van der Waals surface area (Å²) in [5.74, 6) is -0.284. The van der Waals surface area contributed by atoms with Crippen LogP contribution in [0.25, 0.3) is 0 Å². The maximum absolute atomic E-state index is 11.7. The molecule has 0 aromatic carbocycles. The van der Waals surface area contributed by atoms with E-state index < -0.39 is 11.6 Å². The maximum Gasteiger partial charge on any atom is 0.242 e. The van der Waals surface area contributed by atoms with Crippen molar-refractivity contribution in [2.24, 2.45) is 11.7 Å². The van der Waals surface area contributed by atoms with Crippen molar-refractivity contribution in [3.8, 4) is 0 Å². The summed E-state index contributed by atoms with van der Waals surface area (Å²) in [4.78, 5) is 13.3. The van der Waals surface area contributed by atoms with Crippen molar-refractivity contribution in [1.29, 1.82) is 0 Å². The number of hydrogen-bond acceptors (Lipinski definition) is 4. The molecule has 4 N–H and O–H groups in total. The predicted octanol–water partition coefficient (Wildman–Crippen LogP) is -1.71. The largest absolute Gasteiger partial charge is 0.396 e. The average Bonchev–Trinajstić information content (AvgIpc) is 2.79. The average molecular weight is 200 g/mol. The number of likely N-dealkylation sites (tertiary alicyclic amines) is 1. The molecular weight excluding hydrogens is 184 g/mol. The van der Waals surface area contributed by atoms with E-state index in [9.17, 15) is 9.90 Å². The fourth-order valence-corrected chi connectivity index (χ4v) is 1.86. The number of aliphatic hydroxyl groups is 2. The van der Waals surface area contributed by atoms with Crippen molar-refractivity contribution in [2.45, 2.75) is 24.5 Å². The first-order valence-electron chi connectivity index (χ1n) is 4.94. The lowest BCUT2D eigenvalue weighted by atomic mass is 10.1. The van der Waals surface area contributed by atoms with E-state index in [-0.39, 0.29) is 18.4 Å². The van der Waals surface area contributed by atoms with Crippen LogP contribution >= 0.6 is 0 Å². The Kier molecular flexibility index (Phi) is 2.25. The molecule has 1 aliphatic heterocycles. The summed E-state index contributed by atoms with van der Waals surface area (Å²) in [5, 5.41) is 18.4. The number of carbonyl (C=O) groups excluding carboxylic acids is 1. The minimum atomic E-state index is -0.663. The monoisotopic (exact) mass is 200 g/mol. The summed E-state index contributed by atoms with van der Waals surface area (Å²) in [7, 11) is 0. The number of hydrogen-bond donors (Lipinski definition) is 3. The van der Waals surface area contributed by atoms with Gasteiger partial charge in [0.15, 0.2) is 0 Å². The number of nitrogens with zero attached hydrogens (tertiary/aromatic N) is 1. The molecule has 2 aliphatic rings. The third-order valence-electron chi connectivity index (χ3n) is 3.14. The number of carbonyl (C=O) groups is 1. The maximum atomic E-state index is 11.7. The van der Waals surface area contributed by atoms with Crippen molar-refractivity contribution in [2.75, 3.05) is 19.7 Å². The van der Waals surface area contributed by atoms with Crippen LogP contribution in [0, 0.1) is 5.92 Å². The molecule has 0 bridgehead atoms. The summed E-state index contributed by atoms with van der Waals surface area (Å²) < 4.78 is 0. The van der Waals surface area contributed by atoms with Gasteiger partial charge in [-0.05, 0) is 12.8 Å². The molecule has 1 saturated carbocycles. The Bertz CT molecular complexity index is 252. The van der Waals surface area contributed by atoms with Gasteiger partial charge < -0.3 is 20.8 Å². The SMILES string of the molecule is NC1(C(=O)N2CC(O)C(CO)C2)CC1. The third-order valence-corrected chi connectivity index (χ3v) is 3.14. The van der Waals surface area contributed by atoms with Gasteiger partial charge >= 0.3 is 0 Å². The van der Waals surface area contributed by atoms with Crippen LogP contribution in [0.5, 0.6) is 0 Å². The molecular formula is C9H16N2O3. The van der Waals surface area contributed by atoms with Gasteiger partial charge in [-0.3, -0.25) is 4.79 Å². The topological polar surface area (TPSA) is 86.8 Å². The van der Waals surface area contributed by atoms with E-state index in [1.807, 2.05) is 0 Å². The van der Waals surface area contributed by atoms with Crippen LogP contribution < -0.4 is 5.73 Å². The summed E-state index contributed by atoms with van der Waals surface area (Å²) in [5.41, 5.74) is 5.10. The van der Waals surface area contributed by atoms with Crippen LogP contribution in [-0.4, -0.2) is 52.4 Å². The zero-order chi connectivity index (χ0) is 10.3. The number of amides is 1. The zero-order valence-electron chi connectivity index (χ0n) is 8.02. The highest BCUT2D eigenvalue weighted by Crippen LogP contribution is 2.35. The van der Waals surface area contributed by atoms with Crippen LogP contribution in [-0.2, 0) is 4.79 Å². The number of rotatable bonds is 2. The molecule has 2 fully saturated rings. The summed E-state index contributed by atoms with van der Waals surface area (Å²) in [6.45, 7) is 0.654. The lowest BCUT2D eigenvalue weighted by Gasteiger charge is -2.19. The fraction of sp³-hybridized carbons (Fsp3) is 0.889. The van der Waals surface area contributed by atoms with Gasteiger partial charge in [0, 0.05) is 19.0 Å². The smallest absolute Gasteiger partial charge is 0.242 e. The molecule has 2 rings (SSSR count). The Morgan fingerprint density at radius 2 is 2.14 bits per heavy atom. The minimum Gasteiger partial charge on any atom is -0.396 e. The molecule has 2 unspecified atom stereocenters. The Hall–Kier alpha value is -0.650. The van der Waals surface area contributed by atoms with Crippen molar-refractivity contribution in [3.63, 3.8) is 0 Å². The van der Waals surface area contributed by atoms with E-state index in [2.05, 4.69) is 0 Å². The molecule has 0 aromatic rings. The second kappa shape index (κ2) is 3.18. The third kappa shape index (κ3) is 1.51. The highest BCUT2D eigenvalue weighted by atomic mass is 16.3. The van der Waals surface area contributed by atoms with Gasteiger partial charge in [0.05, 0.1) is 18.2 Å². The van der Waals surface area contributed by atoms with E-state index in [0.29, 0.717) is 13.1 Å². The zero-order valence-corrected chi connectivity index (χ0v) is 8.02. The van der Waals surface area contributed by atoms with Crippen molar-refractivity contribution in [3.05, 3.63) is 0 Å². The Morgan fingerprint density at radius 3 is 2.57 bits per heavy atom. The van der Waals surface area contributed by atoms with Crippen LogP contribution in [0.2, 0.25) is 0 Å². The van der Waals surface area contributed by atoms with Crippen LogP contribution in [0.4, 0.5) is 0 Å². The standard InChI is InChI=1S/C9H16N2O3/c10-9(1-2-9)8(14)11-3-6(5-12)7(13)4-11/h6-7,12-13H,1-5,10H2. The fourth-order valence-electron chi connectivity index (χ4n) is 1.86. The van der Waals surface area contributed by atoms with Gasteiger partial charge in [-0.15, -0.1) is 0 Å². The van der Waals surface area contributed by atoms with E-state index in [4.69, 9.17) is 10.8 Å². The van der Waals surface area contributed by atoms with Crippen LogP contribution in [0.3, 0.4) is 0 Å². The van der Waals surface area contributed by atoms with E-state index in [0.717, 1.165) is 12.8 Å². The molecule has 14 heavy (non-hydrogen) atoms. The van der Waals surface area contributed by atoms with Gasteiger partial charge in [0.2, 0.25) is 5.91 Å². The molecule has 0 spiro atoms. The highest BCUT2D eigenvalue weighted by molar-refractivity contribution is 5.89.